The van der Waals surface area contributed by atoms with Gasteiger partial charge < -0.3 is 15.2 Å². The Hall–Kier alpha value is -2.07. The van der Waals surface area contributed by atoms with Crippen molar-refractivity contribution >= 4 is 5.91 Å². The van der Waals surface area contributed by atoms with Gasteiger partial charge in [-0.3, -0.25) is 4.79 Å². The molecule has 1 aromatic heterocycles. The van der Waals surface area contributed by atoms with E-state index in [9.17, 15) is 4.79 Å². The van der Waals surface area contributed by atoms with Crippen LogP contribution in [0.1, 0.15) is 40.2 Å². The van der Waals surface area contributed by atoms with Crippen LogP contribution in [0.15, 0.2) is 36.4 Å². The maximum Gasteiger partial charge on any atom is 0.253 e. The molecule has 0 aliphatic carbocycles. The molecule has 1 aliphatic heterocycles. The average Bonchev–Trinajstić information content (AvgIpc) is 2.85. The Morgan fingerprint density at radius 1 is 1.30 bits per heavy atom. The topological polar surface area (TPSA) is 46.1 Å². The van der Waals surface area contributed by atoms with Gasteiger partial charge in [-0.15, -0.1) is 0 Å². The molecule has 1 aliphatic rings. The number of hydrogen-bond acceptors (Lipinski definition) is 2. The number of aromatic nitrogens is 1. The van der Waals surface area contributed by atoms with Crippen LogP contribution in [0.2, 0.25) is 0 Å². The van der Waals surface area contributed by atoms with Crippen molar-refractivity contribution in [2.45, 2.75) is 39.3 Å². The molecule has 2 aromatic rings. The fourth-order valence-electron chi connectivity index (χ4n) is 3.28. The van der Waals surface area contributed by atoms with E-state index in [1.54, 1.807) is 0 Å². The molecule has 1 amide bonds. The zero-order valence-electron chi connectivity index (χ0n) is 13.9. The van der Waals surface area contributed by atoms with Crippen LogP contribution in [0.3, 0.4) is 0 Å². The summed E-state index contributed by atoms with van der Waals surface area (Å²) in [4.78, 5) is 12.6. The lowest BCUT2D eigenvalue weighted by molar-refractivity contribution is 0.0930. The Morgan fingerprint density at radius 3 is 2.78 bits per heavy atom. The Bertz CT molecular complexity index is 669. The lowest BCUT2D eigenvalue weighted by Crippen LogP contribution is -2.45. The fourth-order valence-corrected chi connectivity index (χ4v) is 3.28. The van der Waals surface area contributed by atoms with Gasteiger partial charge in [-0.2, -0.15) is 0 Å². The van der Waals surface area contributed by atoms with Crippen LogP contribution in [0, 0.1) is 13.8 Å². The molecule has 0 unspecified atom stereocenters. The molecule has 4 nitrogen and oxygen atoms in total. The molecule has 4 heteroatoms. The number of rotatable bonds is 4. The highest BCUT2D eigenvalue weighted by molar-refractivity contribution is 5.95. The number of nitrogens with zero attached hydrogens (tertiary/aromatic N) is 1. The molecular formula is C19H25N3O. The quantitative estimate of drug-likeness (QED) is 0.912. The Morgan fingerprint density at radius 2 is 2.09 bits per heavy atom. The first-order valence-electron chi connectivity index (χ1n) is 8.37. The summed E-state index contributed by atoms with van der Waals surface area (Å²) in [5.41, 5.74) is 4.20. The van der Waals surface area contributed by atoms with Crippen LogP contribution < -0.4 is 10.6 Å². The normalized spacial score (nSPS) is 17.9. The Labute approximate surface area is 137 Å². The van der Waals surface area contributed by atoms with Gasteiger partial charge in [0, 0.05) is 30.5 Å². The van der Waals surface area contributed by atoms with E-state index >= 15 is 0 Å². The summed E-state index contributed by atoms with van der Waals surface area (Å²) in [6, 6.07) is 12.6. The molecule has 0 bridgehead atoms. The van der Waals surface area contributed by atoms with Crippen LogP contribution in [-0.2, 0) is 6.54 Å². The molecule has 0 radical (unpaired) electrons. The molecule has 3 rings (SSSR count). The number of piperidine rings is 1. The summed E-state index contributed by atoms with van der Waals surface area (Å²) >= 11 is 0. The summed E-state index contributed by atoms with van der Waals surface area (Å²) in [6.45, 7) is 6.82. The second-order valence-electron chi connectivity index (χ2n) is 6.37. The van der Waals surface area contributed by atoms with Gasteiger partial charge in [0.1, 0.15) is 0 Å². The van der Waals surface area contributed by atoms with Crippen LogP contribution in [0.4, 0.5) is 0 Å². The van der Waals surface area contributed by atoms with Gasteiger partial charge in [0.2, 0.25) is 0 Å². The number of nitrogens with one attached hydrogen (secondary N) is 2. The maximum absolute atomic E-state index is 12.6. The average molecular weight is 311 g/mol. The highest BCUT2D eigenvalue weighted by Gasteiger charge is 2.20. The first-order chi connectivity index (χ1) is 11.1. The molecule has 1 saturated heterocycles. The Kier molecular flexibility index (Phi) is 4.82. The lowest BCUT2D eigenvalue weighted by Gasteiger charge is -2.23. The predicted molar refractivity (Wildman–Crippen MR) is 92.8 cm³/mol. The van der Waals surface area contributed by atoms with Gasteiger partial charge >= 0.3 is 0 Å². The summed E-state index contributed by atoms with van der Waals surface area (Å²) in [5, 5.41) is 6.50. The van der Waals surface area contributed by atoms with Gasteiger partial charge in [0.05, 0.1) is 5.56 Å². The van der Waals surface area contributed by atoms with Crippen molar-refractivity contribution in [3.05, 3.63) is 58.9 Å². The van der Waals surface area contributed by atoms with Crippen molar-refractivity contribution in [3.8, 4) is 0 Å². The van der Waals surface area contributed by atoms with E-state index in [2.05, 4.69) is 34.3 Å². The minimum Gasteiger partial charge on any atom is -0.348 e. The first kappa shape index (κ1) is 15.8. The molecule has 122 valence electrons. The van der Waals surface area contributed by atoms with E-state index in [1.165, 1.54) is 5.56 Å². The van der Waals surface area contributed by atoms with E-state index in [0.717, 1.165) is 49.4 Å². The minimum absolute atomic E-state index is 0.0473. The van der Waals surface area contributed by atoms with Gasteiger partial charge in [0.15, 0.2) is 0 Å². The molecular weight excluding hydrogens is 286 g/mol. The second-order valence-corrected chi connectivity index (χ2v) is 6.37. The third kappa shape index (κ3) is 3.64. The van der Waals surface area contributed by atoms with Crippen LogP contribution in [-0.4, -0.2) is 29.6 Å². The van der Waals surface area contributed by atoms with E-state index in [-0.39, 0.29) is 11.9 Å². The number of aryl methyl sites for hydroxylation is 1. The number of hydrogen-bond donors (Lipinski definition) is 2. The molecule has 23 heavy (non-hydrogen) atoms. The predicted octanol–water partition coefficient (Wildman–Crippen LogP) is 2.64. The third-order valence-corrected chi connectivity index (χ3v) is 4.63. The molecule has 1 aromatic carbocycles. The number of benzene rings is 1. The minimum atomic E-state index is 0.0473. The van der Waals surface area contributed by atoms with Crippen molar-refractivity contribution in [1.29, 1.82) is 0 Å². The third-order valence-electron chi connectivity index (χ3n) is 4.63. The number of amides is 1. The van der Waals surface area contributed by atoms with E-state index in [4.69, 9.17) is 0 Å². The summed E-state index contributed by atoms with van der Waals surface area (Å²) in [6.07, 6.45) is 2.18. The highest BCUT2D eigenvalue weighted by atomic mass is 16.1. The van der Waals surface area contributed by atoms with Crippen molar-refractivity contribution in [3.63, 3.8) is 0 Å². The summed E-state index contributed by atoms with van der Waals surface area (Å²) < 4.78 is 2.21. The number of carbonyl (C=O) groups is 1. The monoisotopic (exact) mass is 311 g/mol. The SMILES string of the molecule is Cc1cc(C(=O)N[C@H]2CCCNC2)c(C)n1Cc1ccccc1. The van der Waals surface area contributed by atoms with E-state index in [1.807, 2.05) is 31.2 Å². The Balaban J connectivity index is 1.75. The molecule has 2 heterocycles. The van der Waals surface area contributed by atoms with E-state index < -0.39 is 0 Å². The molecule has 0 saturated carbocycles. The largest absolute Gasteiger partial charge is 0.348 e. The molecule has 1 fully saturated rings. The van der Waals surface area contributed by atoms with Crippen molar-refractivity contribution in [1.82, 2.24) is 15.2 Å². The van der Waals surface area contributed by atoms with Gasteiger partial charge in [-0.1, -0.05) is 30.3 Å². The highest BCUT2D eigenvalue weighted by Crippen LogP contribution is 2.17. The van der Waals surface area contributed by atoms with Gasteiger partial charge in [-0.25, -0.2) is 0 Å². The smallest absolute Gasteiger partial charge is 0.253 e. The zero-order chi connectivity index (χ0) is 16.2. The maximum atomic E-state index is 12.6. The summed E-state index contributed by atoms with van der Waals surface area (Å²) in [7, 11) is 0. The van der Waals surface area contributed by atoms with Crippen molar-refractivity contribution in [2.75, 3.05) is 13.1 Å². The zero-order valence-corrected chi connectivity index (χ0v) is 13.9. The van der Waals surface area contributed by atoms with Gasteiger partial charge in [0.25, 0.3) is 5.91 Å². The number of carbonyl (C=O) groups excluding carboxylic acids is 1. The molecule has 0 spiro atoms. The van der Waals surface area contributed by atoms with Crippen molar-refractivity contribution < 1.29 is 4.79 Å². The molecule has 2 N–H and O–H groups in total. The first-order valence-corrected chi connectivity index (χ1v) is 8.37. The van der Waals surface area contributed by atoms with Crippen LogP contribution in [0.5, 0.6) is 0 Å². The van der Waals surface area contributed by atoms with Crippen LogP contribution in [0.25, 0.3) is 0 Å². The van der Waals surface area contributed by atoms with E-state index in [0.29, 0.717) is 0 Å². The van der Waals surface area contributed by atoms with Crippen molar-refractivity contribution in [2.24, 2.45) is 0 Å². The summed E-state index contributed by atoms with van der Waals surface area (Å²) in [5.74, 6) is 0.0473. The lowest BCUT2D eigenvalue weighted by atomic mass is 10.1. The molecule has 1 atom stereocenters. The van der Waals surface area contributed by atoms with Gasteiger partial charge in [-0.05, 0) is 44.9 Å². The standard InChI is InChI=1S/C19H25N3O/c1-14-11-18(19(23)21-17-9-6-10-20-12-17)15(2)22(14)13-16-7-4-3-5-8-16/h3-5,7-8,11,17,20H,6,9-10,12-13H2,1-2H3,(H,21,23)/t17-/m0/s1. The second kappa shape index (κ2) is 7.01. The van der Waals surface area contributed by atoms with Crippen LogP contribution >= 0.6 is 0 Å². The fraction of sp³-hybridized carbons (Fsp3) is 0.421.